The molecule has 9 nitrogen and oxygen atoms in total. The number of hydrogen-bond donors (Lipinski definition) is 4. The molecule has 2 amide bonds. The summed E-state index contributed by atoms with van der Waals surface area (Å²) >= 11 is 0. The quantitative estimate of drug-likeness (QED) is 0.227. The number of amidine groups is 1. The number of amides is 2. The van der Waals surface area contributed by atoms with Gasteiger partial charge in [0.2, 0.25) is 21.8 Å². The molecule has 2 atom stereocenters. The van der Waals surface area contributed by atoms with Crippen LogP contribution < -0.4 is 15.8 Å². The topological polar surface area (TPSA) is 145 Å². The van der Waals surface area contributed by atoms with Gasteiger partial charge in [-0.1, -0.05) is 61.5 Å². The third-order valence-corrected chi connectivity index (χ3v) is 8.51. The molecule has 1 heterocycles. The maximum absolute atomic E-state index is 13.5. The predicted octanol–water partition coefficient (Wildman–Crippen LogP) is 2.92. The maximum atomic E-state index is 13.5. The summed E-state index contributed by atoms with van der Waals surface area (Å²) in [6.07, 6.45) is 3.30. The van der Waals surface area contributed by atoms with E-state index in [2.05, 4.69) is 10.0 Å². The second-order valence-electron chi connectivity index (χ2n) is 9.85. The third-order valence-electron chi connectivity index (χ3n) is 7.04. The van der Waals surface area contributed by atoms with Crippen LogP contribution in [0.25, 0.3) is 10.8 Å². The van der Waals surface area contributed by atoms with Crippen LogP contribution in [0.5, 0.6) is 0 Å². The van der Waals surface area contributed by atoms with Gasteiger partial charge in [0.05, 0.1) is 4.90 Å². The molecular formula is C29H35N5O4S. The summed E-state index contributed by atoms with van der Waals surface area (Å²) in [5.74, 6) is -0.802. The number of nitrogens with zero attached hydrogens (tertiary/aromatic N) is 1. The number of sulfonamides is 1. The zero-order valence-electron chi connectivity index (χ0n) is 22.0. The Morgan fingerprint density at radius 1 is 0.949 bits per heavy atom. The first kappa shape index (κ1) is 28.3. The van der Waals surface area contributed by atoms with Crippen LogP contribution >= 0.6 is 0 Å². The highest BCUT2D eigenvalue weighted by Crippen LogP contribution is 2.20. The van der Waals surface area contributed by atoms with E-state index in [1.807, 2.05) is 24.3 Å². The minimum absolute atomic E-state index is 0.0553. The molecule has 206 valence electrons. The van der Waals surface area contributed by atoms with Gasteiger partial charge in [0.1, 0.15) is 17.9 Å². The minimum Gasteiger partial charge on any atom is -0.384 e. The Labute approximate surface area is 229 Å². The number of hydrogen-bond acceptors (Lipinski definition) is 5. The predicted molar refractivity (Wildman–Crippen MR) is 152 cm³/mol. The van der Waals surface area contributed by atoms with E-state index in [1.165, 1.54) is 6.07 Å². The molecule has 0 bridgehead atoms. The van der Waals surface area contributed by atoms with Gasteiger partial charge < -0.3 is 16.0 Å². The Kier molecular flexibility index (Phi) is 8.98. The number of piperidine rings is 1. The summed E-state index contributed by atoms with van der Waals surface area (Å²) < 4.78 is 28.9. The average molecular weight is 550 g/mol. The van der Waals surface area contributed by atoms with Gasteiger partial charge in [-0.05, 0) is 54.2 Å². The SMILES string of the molecule is CC[C@H](NS(=O)(=O)c1ccc2ccccc2c1)C(=O)NC(Cc1ccc(C(=N)N)cc1)C(=O)N1CCCCC1. The molecule has 1 aliphatic rings. The lowest BCUT2D eigenvalue weighted by Crippen LogP contribution is -2.55. The fourth-order valence-corrected chi connectivity index (χ4v) is 6.09. The standard InChI is InChI=1S/C29H35N5O4S/c1-2-25(33-39(37,38)24-15-14-21-8-4-5-9-23(21)19-24)28(35)32-26(29(36)34-16-6-3-7-17-34)18-20-10-12-22(13-11-20)27(30)31/h4-5,8-15,19,25-26,33H,2-3,6-7,16-18H2,1H3,(H3,30,31)(H,32,35)/t25-,26?/m0/s1. The van der Waals surface area contributed by atoms with Gasteiger partial charge in [0.15, 0.2) is 0 Å². The summed E-state index contributed by atoms with van der Waals surface area (Å²) in [6, 6.07) is 17.3. The van der Waals surface area contributed by atoms with Crippen LogP contribution in [0.3, 0.4) is 0 Å². The molecule has 0 spiro atoms. The monoisotopic (exact) mass is 549 g/mol. The summed E-state index contributed by atoms with van der Waals surface area (Å²) in [5, 5.41) is 12.1. The van der Waals surface area contributed by atoms with Gasteiger partial charge in [-0.3, -0.25) is 15.0 Å². The molecule has 3 aromatic carbocycles. The van der Waals surface area contributed by atoms with Crippen molar-refractivity contribution in [1.29, 1.82) is 5.41 Å². The van der Waals surface area contributed by atoms with E-state index in [-0.39, 0.29) is 29.5 Å². The fraction of sp³-hybridized carbons (Fsp3) is 0.345. The molecule has 39 heavy (non-hydrogen) atoms. The van der Waals surface area contributed by atoms with E-state index in [0.717, 1.165) is 35.6 Å². The first-order chi connectivity index (χ1) is 18.7. The highest BCUT2D eigenvalue weighted by atomic mass is 32.2. The van der Waals surface area contributed by atoms with Crippen molar-refractivity contribution in [3.05, 3.63) is 77.9 Å². The molecule has 4 rings (SSSR count). The first-order valence-corrected chi connectivity index (χ1v) is 14.7. The van der Waals surface area contributed by atoms with Crippen LogP contribution in [0, 0.1) is 5.41 Å². The van der Waals surface area contributed by atoms with Crippen LogP contribution in [0.2, 0.25) is 0 Å². The summed E-state index contributed by atoms with van der Waals surface area (Å²) in [4.78, 5) is 28.7. The van der Waals surface area contributed by atoms with Gasteiger partial charge in [0, 0.05) is 25.1 Å². The molecule has 1 fully saturated rings. The Bertz CT molecular complexity index is 1450. The van der Waals surface area contributed by atoms with Crippen molar-refractivity contribution in [2.45, 2.75) is 56.0 Å². The molecule has 0 aromatic heterocycles. The number of rotatable bonds is 10. The van der Waals surface area contributed by atoms with Crippen LogP contribution in [0.15, 0.2) is 71.6 Å². The van der Waals surface area contributed by atoms with E-state index in [9.17, 15) is 18.0 Å². The molecule has 1 aliphatic heterocycles. The number of nitrogens with one attached hydrogen (secondary N) is 3. The molecule has 0 saturated carbocycles. The van der Waals surface area contributed by atoms with E-state index in [0.29, 0.717) is 18.7 Å². The van der Waals surface area contributed by atoms with Gasteiger partial charge in [0.25, 0.3) is 0 Å². The van der Waals surface area contributed by atoms with Crippen molar-refractivity contribution >= 4 is 38.4 Å². The van der Waals surface area contributed by atoms with Crippen LogP contribution in [-0.2, 0) is 26.0 Å². The lowest BCUT2D eigenvalue weighted by Gasteiger charge is -2.31. The molecule has 0 radical (unpaired) electrons. The summed E-state index contributed by atoms with van der Waals surface area (Å²) in [5.41, 5.74) is 6.91. The number of fused-ring (bicyclic) bond motifs is 1. The van der Waals surface area contributed by atoms with Crippen molar-refractivity contribution in [1.82, 2.24) is 14.9 Å². The first-order valence-electron chi connectivity index (χ1n) is 13.2. The lowest BCUT2D eigenvalue weighted by atomic mass is 10.0. The largest absolute Gasteiger partial charge is 0.384 e. The van der Waals surface area contributed by atoms with Crippen LogP contribution in [-0.4, -0.2) is 56.1 Å². The summed E-state index contributed by atoms with van der Waals surface area (Å²) in [7, 11) is -3.99. The smallest absolute Gasteiger partial charge is 0.245 e. The normalized spacial score (nSPS) is 15.5. The van der Waals surface area contributed by atoms with Crippen LogP contribution in [0.4, 0.5) is 0 Å². The number of nitrogen functional groups attached to an aromatic ring is 1. The van der Waals surface area contributed by atoms with Crippen molar-refractivity contribution in [3.8, 4) is 0 Å². The van der Waals surface area contributed by atoms with Gasteiger partial charge in [-0.25, -0.2) is 8.42 Å². The van der Waals surface area contributed by atoms with E-state index in [1.54, 1.807) is 48.2 Å². The lowest BCUT2D eigenvalue weighted by molar-refractivity contribution is -0.137. The highest BCUT2D eigenvalue weighted by molar-refractivity contribution is 7.89. The molecular weight excluding hydrogens is 514 g/mol. The summed E-state index contributed by atoms with van der Waals surface area (Å²) in [6.45, 7) is 2.97. The van der Waals surface area contributed by atoms with Crippen molar-refractivity contribution in [2.75, 3.05) is 13.1 Å². The molecule has 1 unspecified atom stereocenters. The van der Waals surface area contributed by atoms with E-state index >= 15 is 0 Å². The molecule has 1 saturated heterocycles. The minimum atomic E-state index is -3.99. The van der Waals surface area contributed by atoms with Gasteiger partial charge in [-0.2, -0.15) is 4.72 Å². The number of nitrogens with two attached hydrogens (primary N) is 1. The Morgan fingerprint density at radius 2 is 1.62 bits per heavy atom. The van der Waals surface area contributed by atoms with Crippen molar-refractivity contribution in [3.63, 3.8) is 0 Å². The van der Waals surface area contributed by atoms with Crippen molar-refractivity contribution in [2.24, 2.45) is 5.73 Å². The van der Waals surface area contributed by atoms with Crippen molar-refractivity contribution < 1.29 is 18.0 Å². The zero-order valence-corrected chi connectivity index (χ0v) is 22.8. The Balaban J connectivity index is 1.52. The number of carbonyl (C=O) groups is 2. The molecule has 10 heteroatoms. The third kappa shape index (κ3) is 7.01. The van der Waals surface area contributed by atoms with Gasteiger partial charge >= 0.3 is 0 Å². The maximum Gasteiger partial charge on any atom is 0.245 e. The second-order valence-corrected chi connectivity index (χ2v) is 11.6. The number of carbonyl (C=O) groups excluding carboxylic acids is 2. The number of benzene rings is 3. The molecule has 3 aromatic rings. The average Bonchev–Trinajstić information content (AvgIpc) is 2.95. The highest BCUT2D eigenvalue weighted by Gasteiger charge is 2.31. The van der Waals surface area contributed by atoms with E-state index < -0.39 is 28.0 Å². The van der Waals surface area contributed by atoms with E-state index in [4.69, 9.17) is 11.1 Å². The second kappa shape index (κ2) is 12.4. The van der Waals surface area contributed by atoms with Gasteiger partial charge in [-0.15, -0.1) is 0 Å². The fourth-order valence-electron chi connectivity index (χ4n) is 4.78. The Hall–Kier alpha value is -3.76. The molecule has 0 aliphatic carbocycles. The number of likely N-dealkylation sites (tertiary alicyclic amines) is 1. The zero-order chi connectivity index (χ0) is 28.0. The Morgan fingerprint density at radius 3 is 2.26 bits per heavy atom. The molecule has 5 N–H and O–H groups in total. The van der Waals surface area contributed by atoms with Crippen LogP contribution in [0.1, 0.15) is 43.7 Å².